The highest BCUT2D eigenvalue weighted by molar-refractivity contribution is 5.98. The van der Waals surface area contributed by atoms with Crippen LogP contribution < -0.4 is 10.6 Å². The van der Waals surface area contributed by atoms with Crippen LogP contribution in [-0.4, -0.2) is 19.0 Å². The van der Waals surface area contributed by atoms with Crippen LogP contribution in [0, 0.1) is 17.6 Å². The lowest BCUT2D eigenvalue weighted by molar-refractivity contribution is -0.117. The van der Waals surface area contributed by atoms with Gasteiger partial charge in [0.2, 0.25) is 5.91 Å². The molecule has 0 radical (unpaired) electrons. The van der Waals surface area contributed by atoms with Crippen molar-refractivity contribution in [1.29, 1.82) is 0 Å². The number of amides is 1. The summed E-state index contributed by atoms with van der Waals surface area (Å²) in [7, 11) is 0. The fraction of sp³-hybridized carbons (Fsp3) is 0.364. The summed E-state index contributed by atoms with van der Waals surface area (Å²) in [6.45, 7) is 0.454. The molecule has 0 spiro atoms. The smallest absolute Gasteiger partial charge is 0.227 e. The van der Waals surface area contributed by atoms with E-state index in [0.717, 1.165) is 6.07 Å². The van der Waals surface area contributed by atoms with Gasteiger partial charge in [-0.1, -0.05) is 5.11 Å². The number of hydrogen-bond donors (Lipinski definition) is 1. The second-order valence-corrected chi connectivity index (χ2v) is 4.28. The molecular formula is C11H11F2N5O. The van der Waals surface area contributed by atoms with Gasteiger partial charge in [0.25, 0.3) is 0 Å². The minimum atomic E-state index is -1.16. The van der Waals surface area contributed by atoms with Crippen molar-refractivity contribution in [3.8, 4) is 0 Å². The van der Waals surface area contributed by atoms with Crippen LogP contribution in [-0.2, 0) is 4.79 Å². The van der Waals surface area contributed by atoms with E-state index in [1.54, 1.807) is 0 Å². The van der Waals surface area contributed by atoms with Crippen molar-refractivity contribution < 1.29 is 13.6 Å². The average Bonchev–Trinajstić information content (AvgIpc) is 2.75. The predicted molar refractivity (Wildman–Crippen MR) is 65.2 cm³/mol. The molecule has 6 nitrogen and oxygen atoms in total. The minimum Gasteiger partial charge on any atom is -0.395 e. The van der Waals surface area contributed by atoms with Gasteiger partial charge in [0.05, 0.1) is 11.4 Å². The van der Waals surface area contributed by atoms with Gasteiger partial charge in [0.15, 0.2) is 11.6 Å². The third-order valence-corrected chi connectivity index (χ3v) is 3.01. The highest BCUT2D eigenvalue weighted by Gasteiger charge is 2.32. The SMILES string of the molecule is [N-]=[N+]=NCC1CC(=O)N(c2ccc(F)c(F)c2N)C1. The average molecular weight is 267 g/mol. The van der Waals surface area contributed by atoms with Crippen LogP contribution in [0.2, 0.25) is 0 Å². The van der Waals surface area contributed by atoms with Crippen molar-refractivity contribution in [3.63, 3.8) is 0 Å². The Morgan fingerprint density at radius 2 is 2.26 bits per heavy atom. The first-order valence-corrected chi connectivity index (χ1v) is 5.59. The zero-order chi connectivity index (χ0) is 14.0. The van der Waals surface area contributed by atoms with Crippen molar-refractivity contribution >= 4 is 17.3 Å². The lowest BCUT2D eigenvalue weighted by Crippen LogP contribution is -2.26. The van der Waals surface area contributed by atoms with Crippen molar-refractivity contribution in [3.05, 3.63) is 34.2 Å². The number of nitrogens with zero attached hydrogens (tertiary/aromatic N) is 4. The van der Waals surface area contributed by atoms with Crippen LogP contribution in [0.5, 0.6) is 0 Å². The van der Waals surface area contributed by atoms with E-state index in [0.29, 0.717) is 0 Å². The number of carbonyl (C=O) groups is 1. The van der Waals surface area contributed by atoms with Crippen molar-refractivity contribution in [1.82, 2.24) is 0 Å². The predicted octanol–water partition coefficient (Wildman–Crippen LogP) is 2.21. The van der Waals surface area contributed by atoms with E-state index in [1.807, 2.05) is 0 Å². The highest BCUT2D eigenvalue weighted by Crippen LogP contribution is 2.32. The van der Waals surface area contributed by atoms with E-state index < -0.39 is 17.3 Å². The molecule has 2 N–H and O–H groups in total. The van der Waals surface area contributed by atoms with E-state index in [9.17, 15) is 13.6 Å². The molecule has 2 rings (SSSR count). The molecule has 1 atom stereocenters. The molecule has 1 amide bonds. The molecule has 100 valence electrons. The van der Waals surface area contributed by atoms with E-state index >= 15 is 0 Å². The van der Waals surface area contributed by atoms with Gasteiger partial charge >= 0.3 is 0 Å². The number of azide groups is 1. The lowest BCUT2D eigenvalue weighted by atomic mass is 10.1. The fourth-order valence-corrected chi connectivity index (χ4v) is 2.08. The molecule has 0 bridgehead atoms. The normalized spacial score (nSPS) is 18.5. The topological polar surface area (TPSA) is 95.1 Å². The molecule has 1 unspecified atom stereocenters. The van der Waals surface area contributed by atoms with Crippen LogP contribution in [0.1, 0.15) is 6.42 Å². The molecule has 8 heteroatoms. The minimum absolute atomic E-state index is 0.143. The lowest BCUT2D eigenvalue weighted by Gasteiger charge is -2.19. The van der Waals surface area contributed by atoms with Crippen LogP contribution in [0.15, 0.2) is 17.2 Å². The van der Waals surface area contributed by atoms with Gasteiger partial charge in [-0.2, -0.15) is 0 Å². The molecule has 1 aromatic rings. The summed E-state index contributed by atoms with van der Waals surface area (Å²) in [5, 5.41) is 3.41. The monoisotopic (exact) mass is 267 g/mol. The van der Waals surface area contributed by atoms with E-state index in [4.69, 9.17) is 11.3 Å². The van der Waals surface area contributed by atoms with Gasteiger partial charge in [-0.15, -0.1) is 0 Å². The van der Waals surface area contributed by atoms with Gasteiger partial charge in [0, 0.05) is 24.4 Å². The zero-order valence-corrected chi connectivity index (χ0v) is 9.88. The van der Waals surface area contributed by atoms with Crippen LogP contribution in [0.4, 0.5) is 20.2 Å². The molecule has 1 aliphatic rings. The third-order valence-electron chi connectivity index (χ3n) is 3.01. The maximum absolute atomic E-state index is 13.4. The molecule has 1 aliphatic heterocycles. The van der Waals surface area contributed by atoms with E-state index in [-0.39, 0.29) is 37.0 Å². The maximum atomic E-state index is 13.4. The zero-order valence-electron chi connectivity index (χ0n) is 9.88. The Hall–Kier alpha value is -2.34. The second-order valence-electron chi connectivity index (χ2n) is 4.28. The summed E-state index contributed by atoms with van der Waals surface area (Å²) >= 11 is 0. The first-order chi connectivity index (χ1) is 9.04. The van der Waals surface area contributed by atoms with Crippen molar-refractivity contribution in [2.75, 3.05) is 23.7 Å². The number of benzene rings is 1. The fourth-order valence-electron chi connectivity index (χ4n) is 2.08. The van der Waals surface area contributed by atoms with Gasteiger partial charge in [-0.25, -0.2) is 8.78 Å². The summed E-state index contributed by atoms with van der Waals surface area (Å²) in [6.07, 6.45) is 0.192. The summed E-state index contributed by atoms with van der Waals surface area (Å²) in [5.74, 6) is -2.62. The van der Waals surface area contributed by atoms with E-state index in [1.165, 1.54) is 11.0 Å². The molecule has 1 fully saturated rings. The molecule has 0 aromatic heterocycles. The number of hydrogen-bond acceptors (Lipinski definition) is 3. The number of anilines is 2. The van der Waals surface area contributed by atoms with Gasteiger partial charge in [-0.05, 0) is 23.6 Å². The number of rotatable bonds is 3. The second kappa shape index (κ2) is 5.11. The molecule has 1 aromatic carbocycles. The number of halogens is 2. The number of carbonyl (C=O) groups excluding carboxylic acids is 1. The van der Waals surface area contributed by atoms with Crippen LogP contribution >= 0.6 is 0 Å². The molecular weight excluding hydrogens is 256 g/mol. The van der Waals surface area contributed by atoms with Gasteiger partial charge < -0.3 is 10.6 Å². The first-order valence-electron chi connectivity index (χ1n) is 5.59. The Morgan fingerprint density at radius 1 is 1.53 bits per heavy atom. The molecule has 1 saturated heterocycles. The Morgan fingerprint density at radius 3 is 2.95 bits per heavy atom. The van der Waals surface area contributed by atoms with E-state index in [2.05, 4.69) is 10.0 Å². The Balaban J connectivity index is 2.26. The number of nitrogen functional groups attached to an aromatic ring is 1. The molecule has 19 heavy (non-hydrogen) atoms. The summed E-state index contributed by atoms with van der Waals surface area (Å²) < 4.78 is 26.3. The Bertz CT molecular complexity index is 570. The summed E-state index contributed by atoms with van der Waals surface area (Å²) in [4.78, 5) is 15.7. The largest absolute Gasteiger partial charge is 0.395 e. The van der Waals surface area contributed by atoms with Gasteiger partial charge in [-0.3, -0.25) is 4.79 Å². The third kappa shape index (κ3) is 2.43. The van der Waals surface area contributed by atoms with Crippen LogP contribution in [0.3, 0.4) is 0 Å². The van der Waals surface area contributed by atoms with Crippen molar-refractivity contribution in [2.24, 2.45) is 11.0 Å². The summed E-state index contributed by atoms with van der Waals surface area (Å²) in [6, 6.07) is 2.19. The standard InChI is InChI=1S/C11H11F2N5O/c12-7-1-2-8(11(14)10(7)13)18-5-6(3-9(18)19)4-16-17-15/h1-2,6H,3-5,14H2. The molecule has 1 heterocycles. The maximum Gasteiger partial charge on any atom is 0.227 e. The quantitative estimate of drug-likeness (QED) is 0.393. The molecule has 0 aliphatic carbocycles. The van der Waals surface area contributed by atoms with Crippen LogP contribution in [0.25, 0.3) is 10.4 Å². The van der Waals surface area contributed by atoms with Gasteiger partial charge in [0.1, 0.15) is 0 Å². The number of nitrogens with two attached hydrogens (primary N) is 1. The Kier molecular flexibility index (Phi) is 3.52. The molecule has 0 saturated carbocycles. The Labute approximate surface area is 107 Å². The van der Waals surface area contributed by atoms with Crippen molar-refractivity contribution in [2.45, 2.75) is 6.42 Å². The summed E-state index contributed by atoms with van der Waals surface area (Å²) in [5.41, 5.74) is 13.5. The first kappa shape index (κ1) is 13.1. The highest BCUT2D eigenvalue weighted by atomic mass is 19.2.